The van der Waals surface area contributed by atoms with Crippen LogP contribution in [-0.4, -0.2) is 62.2 Å². The topological polar surface area (TPSA) is 110 Å². The molecule has 3 aromatic rings. The number of nitrogens with zero attached hydrogens (tertiary/aromatic N) is 5. The standard InChI is InChI=1S/C30H33BrF4N6O4/c1-6-19-24(39-11-12-40(21-10-9-20(21)39)28(44)45-29(3,4)5)25(43)23-27(36-15(2)26(31)38-23)41(19)14-22(42)37-18-8-7-16(13-17(18)32)30(33,34)35/h7-8,13,20-21H,6,9-12,14H2,1-5H3,(H,37,42)/t20-,21-/m0/s1. The van der Waals surface area contributed by atoms with Gasteiger partial charge in [-0.05, 0) is 81.1 Å². The summed E-state index contributed by atoms with van der Waals surface area (Å²) in [5.74, 6) is -1.98. The largest absolute Gasteiger partial charge is 0.444 e. The second-order valence-electron chi connectivity index (χ2n) is 12.2. The molecule has 1 N–H and O–H groups in total. The van der Waals surface area contributed by atoms with E-state index in [1.807, 2.05) is 11.8 Å². The van der Waals surface area contributed by atoms with Gasteiger partial charge in [0, 0.05) is 24.8 Å². The molecule has 3 heterocycles. The van der Waals surface area contributed by atoms with Crippen LogP contribution in [0.1, 0.15) is 57.5 Å². The molecule has 1 aliphatic heterocycles. The van der Waals surface area contributed by atoms with Crippen LogP contribution >= 0.6 is 15.9 Å². The number of ether oxygens (including phenoxy) is 1. The van der Waals surface area contributed by atoms with Gasteiger partial charge in [0.25, 0.3) is 0 Å². The number of aryl methyl sites for hydroxylation is 1. The molecule has 2 atom stereocenters. The minimum atomic E-state index is -4.74. The Labute approximate surface area is 264 Å². The van der Waals surface area contributed by atoms with Crippen molar-refractivity contribution in [1.82, 2.24) is 19.4 Å². The first kappa shape index (κ1) is 32.6. The highest BCUT2D eigenvalue weighted by Gasteiger charge is 2.47. The van der Waals surface area contributed by atoms with Gasteiger partial charge in [-0.3, -0.25) is 9.59 Å². The molecular weight excluding hydrogens is 664 g/mol. The molecule has 0 spiro atoms. The summed E-state index contributed by atoms with van der Waals surface area (Å²) in [6, 6.07) is 1.50. The molecule has 1 aliphatic carbocycles. The van der Waals surface area contributed by atoms with E-state index >= 15 is 0 Å². The Morgan fingerprint density at radius 1 is 1.11 bits per heavy atom. The quantitative estimate of drug-likeness (QED) is 0.336. The zero-order valence-electron chi connectivity index (χ0n) is 25.4. The summed E-state index contributed by atoms with van der Waals surface area (Å²) in [6.07, 6.45) is -3.39. The number of benzene rings is 1. The first-order valence-electron chi connectivity index (χ1n) is 14.5. The molecule has 1 aromatic carbocycles. The number of alkyl halides is 3. The molecular formula is C30H33BrF4N6O4. The fourth-order valence-electron chi connectivity index (χ4n) is 5.84. The third-order valence-corrected chi connectivity index (χ3v) is 8.74. The van der Waals surface area contributed by atoms with Crippen LogP contribution in [0.25, 0.3) is 11.2 Å². The number of hydrogen-bond acceptors (Lipinski definition) is 7. The summed E-state index contributed by atoms with van der Waals surface area (Å²) >= 11 is 3.34. The maximum Gasteiger partial charge on any atom is 0.416 e. The first-order valence-corrected chi connectivity index (χ1v) is 15.3. The molecule has 1 saturated heterocycles. The van der Waals surface area contributed by atoms with E-state index in [4.69, 9.17) is 4.74 Å². The number of hydrogen-bond donors (Lipinski definition) is 1. The molecule has 45 heavy (non-hydrogen) atoms. The number of aromatic nitrogens is 3. The zero-order valence-corrected chi connectivity index (χ0v) is 27.0. The number of halogens is 5. The molecule has 0 unspecified atom stereocenters. The van der Waals surface area contributed by atoms with E-state index in [1.54, 1.807) is 37.2 Å². The van der Waals surface area contributed by atoms with Gasteiger partial charge in [-0.15, -0.1) is 0 Å². The minimum Gasteiger partial charge on any atom is -0.444 e. The molecule has 2 aromatic heterocycles. The molecule has 1 saturated carbocycles. The van der Waals surface area contributed by atoms with Crippen LogP contribution in [0.15, 0.2) is 27.6 Å². The van der Waals surface area contributed by atoms with Crippen LogP contribution in [0.4, 0.5) is 33.7 Å². The molecule has 0 radical (unpaired) electrons. The van der Waals surface area contributed by atoms with Crippen molar-refractivity contribution in [3.8, 4) is 0 Å². The lowest BCUT2D eigenvalue weighted by Gasteiger charge is -2.54. The van der Waals surface area contributed by atoms with E-state index in [0.29, 0.717) is 53.3 Å². The highest BCUT2D eigenvalue weighted by Crippen LogP contribution is 2.38. The summed E-state index contributed by atoms with van der Waals surface area (Å²) in [4.78, 5) is 53.0. The number of fused-ring (bicyclic) bond motifs is 2. The van der Waals surface area contributed by atoms with E-state index in [9.17, 15) is 31.9 Å². The van der Waals surface area contributed by atoms with Crippen molar-refractivity contribution in [3.63, 3.8) is 0 Å². The number of anilines is 2. The lowest BCUT2D eigenvalue weighted by atomic mass is 9.81. The molecule has 0 bridgehead atoms. The number of carbonyl (C=O) groups is 2. The van der Waals surface area contributed by atoms with Crippen molar-refractivity contribution < 1.29 is 31.9 Å². The van der Waals surface area contributed by atoms with E-state index in [0.717, 1.165) is 18.9 Å². The van der Waals surface area contributed by atoms with Gasteiger partial charge in [0.05, 0.1) is 23.0 Å². The van der Waals surface area contributed by atoms with Crippen LogP contribution in [0.5, 0.6) is 0 Å². The monoisotopic (exact) mass is 696 g/mol. The van der Waals surface area contributed by atoms with Crippen LogP contribution < -0.4 is 15.6 Å². The van der Waals surface area contributed by atoms with Crippen molar-refractivity contribution in [3.05, 3.63) is 55.8 Å². The molecule has 2 amide bonds. The predicted molar refractivity (Wildman–Crippen MR) is 163 cm³/mol. The Bertz CT molecular complexity index is 1740. The van der Waals surface area contributed by atoms with Gasteiger partial charge in [0.15, 0.2) is 11.2 Å². The van der Waals surface area contributed by atoms with Crippen molar-refractivity contribution in [2.24, 2.45) is 0 Å². The number of amides is 2. The molecule has 5 rings (SSSR count). The molecule has 10 nitrogen and oxygen atoms in total. The highest BCUT2D eigenvalue weighted by molar-refractivity contribution is 9.10. The lowest BCUT2D eigenvalue weighted by molar-refractivity contribution is -0.137. The predicted octanol–water partition coefficient (Wildman–Crippen LogP) is 5.81. The van der Waals surface area contributed by atoms with Crippen molar-refractivity contribution in [2.75, 3.05) is 23.3 Å². The number of piperazine rings is 1. The Balaban J connectivity index is 1.54. The van der Waals surface area contributed by atoms with Crippen molar-refractivity contribution in [1.29, 1.82) is 0 Å². The SMILES string of the molecule is CCc1c(N2CCN(C(=O)OC(C)(C)C)[C@H]3CC[C@@H]32)c(=O)c2nc(Br)c(C)nc2n1CC(=O)Nc1ccc(C(F)(F)F)cc1F. The fourth-order valence-corrected chi connectivity index (χ4v) is 6.11. The van der Waals surface area contributed by atoms with Gasteiger partial charge >= 0.3 is 12.3 Å². The molecule has 2 fully saturated rings. The van der Waals surface area contributed by atoms with Gasteiger partial charge in [0.2, 0.25) is 11.3 Å². The van der Waals surface area contributed by atoms with Crippen molar-refractivity contribution >= 4 is 50.5 Å². The Morgan fingerprint density at radius 2 is 1.80 bits per heavy atom. The third kappa shape index (κ3) is 6.36. The Kier molecular flexibility index (Phi) is 8.62. The van der Waals surface area contributed by atoms with E-state index in [-0.39, 0.29) is 28.7 Å². The Morgan fingerprint density at radius 3 is 2.38 bits per heavy atom. The molecule has 242 valence electrons. The first-order chi connectivity index (χ1) is 21.0. The van der Waals surface area contributed by atoms with Gasteiger partial charge in [-0.1, -0.05) is 6.92 Å². The molecule has 2 aliphatic rings. The zero-order chi connectivity index (χ0) is 33.0. The van der Waals surface area contributed by atoms with Gasteiger partial charge in [-0.2, -0.15) is 13.2 Å². The number of rotatable bonds is 5. The van der Waals surface area contributed by atoms with Crippen molar-refractivity contribution in [2.45, 2.75) is 84.3 Å². The highest BCUT2D eigenvalue weighted by atomic mass is 79.9. The van der Waals surface area contributed by atoms with E-state index in [1.165, 1.54) is 0 Å². The molecule has 15 heteroatoms. The van der Waals surface area contributed by atoms with Crippen LogP contribution in [-0.2, 0) is 28.7 Å². The van der Waals surface area contributed by atoms with Crippen LogP contribution in [0.2, 0.25) is 0 Å². The Hall–Kier alpha value is -3.75. The number of carbonyl (C=O) groups excluding carboxylic acids is 2. The normalized spacial score (nSPS) is 18.4. The lowest BCUT2D eigenvalue weighted by Crippen LogP contribution is -2.67. The van der Waals surface area contributed by atoms with E-state index in [2.05, 4.69) is 31.2 Å². The third-order valence-electron chi connectivity index (χ3n) is 7.99. The van der Waals surface area contributed by atoms with Gasteiger partial charge in [-0.25, -0.2) is 19.2 Å². The fraction of sp³-hybridized carbons (Fsp3) is 0.500. The summed E-state index contributed by atoms with van der Waals surface area (Å²) < 4.78 is 61.1. The number of nitrogens with one attached hydrogen (secondary N) is 1. The average Bonchev–Trinajstić information content (AvgIpc) is 2.91. The van der Waals surface area contributed by atoms with Crippen LogP contribution in [0, 0.1) is 12.7 Å². The second kappa shape index (κ2) is 11.9. The summed E-state index contributed by atoms with van der Waals surface area (Å²) in [7, 11) is 0. The maximum atomic E-state index is 14.6. The van der Waals surface area contributed by atoms with Crippen LogP contribution in [0.3, 0.4) is 0 Å². The smallest absolute Gasteiger partial charge is 0.416 e. The number of pyridine rings is 1. The summed E-state index contributed by atoms with van der Waals surface area (Å²) in [5.41, 5.74) is -1.20. The summed E-state index contributed by atoms with van der Waals surface area (Å²) in [5, 5.41) is 2.35. The summed E-state index contributed by atoms with van der Waals surface area (Å²) in [6.45, 7) is 9.12. The van der Waals surface area contributed by atoms with Gasteiger partial charge in [0.1, 0.15) is 28.3 Å². The van der Waals surface area contributed by atoms with Gasteiger partial charge < -0.3 is 24.4 Å². The minimum absolute atomic E-state index is 0.0126. The van der Waals surface area contributed by atoms with E-state index < -0.39 is 47.4 Å². The second-order valence-corrected chi connectivity index (χ2v) is 12.9. The average molecular weight is 698 g/mol. The maximum absolute atomic E-state index is 14.6.